The Morgan fingerprint density at radius 3 is 2.40 bits per heavy atom. The highest BCUT2D eigenvalue weighted by atomic mass is 16.5. The van der Waals surface area contributed by atoms with Crippen molar-refractivity contribution in [2.45, 2.75) is 19.4 Å². The highest BCUT2D eigenvalue weighted by Gasteiger charge is 2.22. The Hall–Kier alpha value is -3.15. The van der Waals surface area contributed by atoms with E-state index in [1.807, 2.05) is 60.7 Å². The molecule has 0 aliphatic heterocycles. The summed E-state index contributed by atoms with van der Waals surface area (Å²) in [5.74, 6) is 0.893. The van der Waals surface area contributed by atoms with Gasteiger partial charge in [0.15, 0.2) is 5.82 Å². The van der Waals surface area contributed by atoms with E-state index in [0.717, 1.165) is 12.0 Å². The third kappa shape index (κ3) is 4.67. The molecule has 0 aliphatic carbocycles. The summed E-state index contributed by atoms with van der Waals surface area (Å²) < 4.78 is 5.25. The van der Waals surface area contributed by atoms with Crippen molar-refractivity contribution in [1.82, 2.24) is 20.8 Å². The number of benzene rings is 2. The third-order valence-corrected chi connectivity index (χ3v) is 3.74. The van der Waals surface area contributed by atoms with Gasteiger partial charge in [0.1, 0.15) is 6.04 Å². The fourth-order valence-corrected chi connectivity index (χ4v) is 2.51. The van der Waals surface area contributed by atoms with E-state index in [4.69, 9.17) is 4.52 Å². The standard InChI is InChI=1S/C19H20N4O2/c1-14-21-18(25-23-14)17(16-10-6-3-7-11-16)22-19(24)20-13-12-15-8-4-2-5-9-15/h2-11,17H,12-13H2,1H3,(H2,20,22,24)/t17-/m1/s1. The van der Waals surface area contributed by atoms with E-state index in [2.05, 4.69) is 20.8 Å². The fourth-order valence-electron chi connectivity index (χ4n) is 2.51. The van der Waals surface area contributed by atoms with Crippen molar-refractivity contribution < 1.29 is 9.32 Å². The van der Waals surface area contributed by atoms with Crippen LogP contribution in [0, 0.1) is 6.92 Å². The Balaban J connectivity index is 1.63. The topological polar surface area (TPSA) is 80.0 Å². The van der Waals surface area contributed by atoms with Crippen LogP contribution >= 0.6 is 0 Å². The van der Waals surface area contributed by atoms with E-state index in [1.165, 1.54) is 5.56 Å². The summed E-state index contributed by atoms with van der Waals surface area (Å²) in [5, 5.41) is 9.59. The molecule has 128 valence electrons. The van der Waals surface area contributed by atoms with E-state index in [-0.39, 0.29) is 6.03 Å². The number of hydrogen-bond acceptors (Lipinski definition) is 4. The van der Waals surface area contributed by atoms with Crippen molar-refractivity contribution in [2.75, 3.05) is 6.54 Å². The molecule has 25 heavy (non-hydrogen) atoms. The van der Waals surface area contributed by atoms with Crippen LogP contribution in [0.4, 0.5) is 4.79 Å². The summed E-state index contributed by atoms with van der Waals surface area (Å²) in [6, 6.07) is 18.8. The molecular formula is C19H20N4O2. The van der Waals surface area contributed by atoms with Crippen LogP contribution in [0.2, 0.25) is 0 Å². The van der Waals surface area contributed by atoms with Gasteiger partial charge in [-0.1, -0.05) is 65.8 Å². The molecular weight excluding hydrogens is 316 g/mol. The van der Waals surface area contributed by atoms with Crippen LogP contribution in [-0.4, -0.2) is 22.7 Å². The van der Waals surface area contributed by atoms with Gasteiger partial charge >= 0.3 is 6.03 Å². The molecule has 0 saturated heterocycles. The molecule has 0 spiro atoms. The van der Waals surface area contributed by atoms with E-state index in [1.54, 1.807) is 6.92 Å². The van der Waals surface area contributed by atoms with Gasteiger partial charge in [0.05, 0.1) is 0 Å². The average molecular weight is 336 g/mol. The Morgan fingerprint density at radius 2 is 1.76 bits per heavy atom. The van der Waals surface area contributed by atoms with Crippen molar-refractivity contribution in [3.8, 4) is 0 Å². The highest BCUT2D eigenvalue weighted by molar-refractivity contribution is 5.74. The number of hydrogen-bond donors (Lipinski definition) is 2. The number of aryl methyl sites for hydroxylation is 1. The number of aromatic nitrogens is 2. The second kappa shape index (κ2) is 8.10. The van der Waals surface area contributed by atoms with Gasteiger partial charge in [-0.25, -0.2) is 4.79 Å². The average Bonchev–Trinajstić information content (AvgIpc) is 3.07. The van der Waals surface area contributed by atoms with Crippen molar-refractivity contribution in [1.29, 1.82) is 0 Å². The molecule has 6 heteroatoms. The van der Waals surface area contributed by atoms with Crippen LogP contribution in [0.5, 0.6) is 0 Å². The maximum Gasteiger partial charge on any atom is 0.315 e. The smallest absolute Gasteiger partial charge is 0.315 e. The summed E-state index contributed by atoms with van der Waals surface area (Å²) in [6.45, 7) is 2.29. The predicted molar refractivity (Wildman–Crippen MR) is 94.0 cm³/mol. The summed E-state index contributed by atoms with van der Waals surface area (Å²) in [7, 11) is 0. The molecule has 1 aromatic heterocycles. The van der Waals surface area contributed by atoms with Gasteiger partial charge < -0.3 is 15.2 Å². The fraction of sp³-hybridized carbons (Fsp3) is 0.211. The first-order valence-corrected chi connectivity index (χ1v) is 8.16. The second-order valence-electron chi connectivity index (χ2n) is 5.66. The van der Waals surface area contributed by atoms with Gasteiger partial charge in [-0.3, -0.25) is 0 Å². The number of rotatable bonds is 6. The highest BCUT2D eigenvalue weighted by Crippen LogP contribution is 2.20. The summed E-state index contributed by atoms with van der Waals surface area (Å²) >= 11 is 0. The largest absolute Gasteiger partial charge is 0.338 e. The summed E-state index contributed by atoms with van der Waals surface area (Å²) in [6.07, 6.45) is 0.768. The molecule has 0 bridgehead atoms. The van der Waals surface area contributed by atoms with E-state index < -0.39 is 6.04 Å². The molecule has 3 aromatic rings. The number of urea groups is 1. The zero-order valence-corrected chi connectivity index (χ0v) is 14.0. The van der Waals surface area contributed by atoms with Crippen LogP contribution in [0.15, 0.2) is 65.2 Å². The second-order valence-corrected chi connectivity index (χ2v) is 5.66. The number of carbonyl (C=O) groups excluding carboxylic acids is 1. The Labute approximate surface area is 146 Å². The molecule has 2 N–H and O–H groups in total. The molecule has 2 aromatic carbocycles. The quantitative estimate of drug-likeness (QED) is 0.725. The lowest BCUT2D eigenvalue weighted by molar-refractivity contribution is 0.235. The van der Waals surface area contributed by atoms with Gasteiger partial charge in [0.25, 0.3) is 5.89 Å². The van der Waals surface area contributed by atoms with Gasteiger partial charge in [-0.2, -0.15) is 4.98 Å². The molecule has 1 atom stereocenters. The maximum absolute atomic E-state index is 12.3. The Morgan fingerprint density at radius 1 is 1.08 bits per heavy atom. The zero-order valence-electron chi connectivity index (χ0n) is 14.0. The first-order valence-electron chi connectivity index (χ1n) is 8.16. The molecule has 0 saturated carbocycles. The number of nitrogens with zero attached hydrogens (tertiary/aromatic N) is 2. The van der Waals surface area contributed by atoms with Crippen molar-refractivity contribution in [3.63, 3.8) is 0 Å². The van der Waals surface area contributed by atoms with Crippen LogP contribution in [0.1, 0.15) is 28.9 Å². The SMILES string of the molecule is Cc1noc([C@H](NC(=O)NCCc2ccccc2)c2ccccc2)n1. The Bertz CT molecular complexity index is 803. The minimum atomic E-state index is -0.487. The Kier molecular flexibility index (Phi) is 5.41. The zero-order chi connectivity index (χ0) is 17.5. The van der Waals surface area contributed by atoms with Crippen LogP contribution < -0.4 is 10.6 Å². The number of carbonyl (C=O) groups is 1. The van der Waals surface area contributed by atoms with Gasteiger partial charge in [0, 0.05) is 6.54 Å². The number of amides is 2. The van der Waals surface area contributed by atoms with Crippen molar-refractivity contribution in [3.05, 3.63) is 83.5 Å². The molecule has 0 fully saturated rings. The summed E-state index contributed by atoms with van der Waals surface area (Å²) in [5.41, 5.74) is 2.05. The van der Waals surface area contributed by atoms with Crippen molar-refractivity contribution in [2.24, 2.45) is 0 Å². The van der Waals surface area contributed by atoms with Gasteiger partial charge in [0.2, 0.25) is 0 Å². The molecule has 0 unspecified atom stereocenters. The summed E-state index contributed by atoms with van der Waals surface area (Å²) in [4.78, 5) is 16.5. The monoisotopic (exact) mass is 336 g/mol. The molecule has 1 heterocycles. The van der Waals surface area contributed by atoms with Gasteiger partial charge in [-0.05, 0) is 24.5 Å². The lowest BCUT2D eigenvalue weighted by Crippen LogP contribution is -2.39. The van der Waals surface area contributed by atoms with E-state index in [0.29, 0.717) is 18.3 Å². The van der Waals surface area contributed by atoms with Crippen LogP contribution in [0.3, 0.4) is 0 Å². The normalized spacial score (nSPS) is 11.7. The first-order chi connectivity index (χ1) is 12.2. The lowest BCUT2D eigenvalue weighted by atomic mass is 10.1. The van der Waals surface area contributed by atoms with Gasteiger partial charge in [-0.15, -0.1) is 0 Å². The molecule has 3 rings (SSSR count). The maximum atomic E-state index is 12.3. The third-order valence-electron chi connectivity index (χ3n) is 3.74. The van der Waals surface area contributed by atoms with Crippen LogP contribution in [-0.2, 0) is 6.42 Å². The molecule has 0 radical (unpaired) electrons. The number of nitrogens with one attached hydrogen (secondary N) is 2. The minimum Gasteiger partial charge on any atom is -0.338 e. The molecule has 0 aliphatic rings. The minimum absolute atomic E-state index is 0.277. The molecule has 6 nitrogen and oxygen atoms in total. The van der Waals surface area contributed by atoms with E-state index >= 15 is 0 Å². The van der Waals surface area contributed by atoms with E-state index in [9.17, 15) is 4.79 Å². The van der Waals surface area contributed by atoms with Crippen molar-refractivity contribution >= 4 is 6.03 Å². The van der Waals surface area contributed by atoms with Crippen LogP contribution in [0.25, 0.3) is 0 Å². The first kappa shape index (κ1) is 16.7. The predicted octanol–water partition coefficient (Wildman–Crippen LogP) is 3.01. The molecule has 2 amide bonds. The lowest BCUT2D eigenvalue weighted by Gasteiger charge is -2.16.